The van der Waals surface area contributed by atoms with Crippen LogP contribution in [0.1, 0.15) is 5.56 Å². The quantitative estimate of drug-likeness (QED) is 0.277. The van der Waals surface area contributed by atoms with Gasteiger partial charge in [-0.1, -0.05) is 41.9 Å². The number of hydrogen-bond donors (Lipinski definition) is 2. The van der Waals surface area contributed by atoms with Gasteiger partial charge in [0.2, 0.25) is 0 Å². The van der Waals surface area contributed by atoms with Crippen molar-refractivity contribution >= 4 is 48.3 Å². The van der Waals surface area contributed by atoms with Crippen LogP contribution in [0.2, 0.25) is 0 Å². The predicted octanol–water partition coefficient (Wildman–Crippen LogP) is 2.26. The molecule has 0 heterocycles. The van der Waals surface area contributed by atoms with E-state index in [1.54, 1.807) is 18.2 Å². The van der Waals surface area contributed by atoms with Crippen molar-refractivity contribution in [2.24, 2.45) is 0 Å². The minimum atomic E-state index is -4.63. The third-order valence-electron chi connectivity index (χ3n) is 2.24. The molecule has 112 valence electrons. The molecular weight excluding hydrogens is 343 g/mol. The van der Waals surface area contributed by atoms with Crippen LogP contribution in [0.15, 0.2) is 46.9 Å². The molecule has 9 heteroatoms. The zero-order valence-electron chi connectivity index (χ0n) is 10.2. The number of carboxylic acid groups (broad SMARTS) is 2. The first-order valence-corrected chi connectivity index (χ1v) is 7.91. The third-order valence-corrected chi connectivity index (χ3v) is 3.92. The summed E-state index contributed by atoms with van der Waals surface area (Å²) in [4.78, 5) is 20.7. The highest BCUT2D eigenvalue weighted by molar-refractivity contribution is 8.17. The fraction of sp³-hybridized carbons (Fsp3) is 0. The monoisotopic (exact) mass is 350 g/mol. The van der Waals surface area contributed by atoms with Crippen molar-refractivity contribution in [1.29, 1.82) is 0 Å². The normalized spacial score (nSPS) is 11.8. The molecule has 0 atom stereocenters. The first-order valence-electron chi connectivity index (χ1n) is 5.22. The number of halogens is 2. The Bertz CT molecular complexity index is 718. The van der Waals surface area contributed by atoms with Crippen molar-refractivity contribution in [3.05, 3.63) is 52.4 Å². The third kappa shape index (κ3) is 4.59. The van der Waals surface area contributed by atoms with Crippen molar-refractivity contribution < 1.29 is 28.2 Å². The van der Waals surface area contributed by atoms with Crippen LogP contribution in [0.25, 0.3) is 5.03 Å². The minimum Gasteiger partial charge on any atom is -0.477 e. The Hall–Kier alpha value is -1.83. The molecule has 1 aromatic rings. The molecule has 21 heavy (non-hydrogen) atoms. The van der Waals surface area contributed by atoms with Crippen LogP contribution in [0.3, 0.4) is 0 Å². The van der Waals surface area contributed by atoms with Crippen LogP contribution >= 0.6 is 22.3 Å². The fourth-order valence-corrected chi connectivity index (χ4v) is 2.70. The number of benzene rings is 1. The van der Waals surface area contributed by atoms with Crippen LogP contribution in [0, 0.1) is 0 Å². The number of aliphatic carboxylic acids is 2. The lowest BCUT2D eigenvalue weighted by Gasteiger charge is -2.04. The van der Waals surface area contributed by atoms with Gasteiger partial charge in [-0.3, -0.25) is 0 Å². The molecule has 0 aliphatic heterocycles. The Labute approximate surface area is 129 Å². The Kier molecular flexibility index (Phi) is 5.54. The Morgan fingerprint density at radius 2 is 1.52 bits per heavy atom. The molecule has 6 nitrogen and oxygen atoms in total. The average molecular weight is 351 g/mol. The summed E-state index contributed by atoms with van der Waals surface area (Å²) in [5.41, 5.74) is -1.02. The molecule has 0 saturated carbocycles. The smallest absolute Gasteiger partial charge is 0.344 e. The predicted molar refractivity (Wildman–Crippen MR) is 77.3 cm³/mol. The summed E-state index contributed by atoms with van der Waals surface area (Å²) in [6, 6.07) is 7.96. The van der Waals surface area contributed by atoms with E-state index in [2.05, 4.69) is 0 Å². The second kappa shape index (κ2) is 6.75. The molecule has 0 fully saturated rings. The molecule has 0 amide bonds. The summed E-state index contributed by atoms with van der Waals surface area (Å²) < 4.78 is 22.9. The second-order valence-electron chi connectivity index (χ2n) is 3.65. The van der Waals surface area contributed by atoms with E-state index in [9.17, 15) is 18.0 Å². The van der Waals surface area contributed by atoms with Gasteiger partial charge in [-0.25, -0.2) is 18.0 Å². The topological polar surface area (TPSA) is 109 Å². The summed E-state index contributed by atoms with van der Waals surface area (Å²) in [7, 11) is 0.470. The molecule has 0 aliphatic rings. The maximum atomic E-state index is 11.4. The zero-order chi connectivity index (χ0) is 16.2. The highest BCUT2D eigenvalue weighted by Crippen LogP contribution is 2.26. The number of carboxylic acids is 2. The lowest BCUT2D eigenvalue weighted by atomic mass is 10.2. The van der Waals surface area contributed by atoms with Crippen molar-refractivity contribution in [2.45, 2.75) is 0 Å². The van der Waals surface area contributed by atoms with E-state index in [1.165, 1.54) is 12.1 Å². The van der Waals surface area contributed by atoms with Gasteiger partial charge in [-0.15, -0.1) is 0 Å². The molecule has 0 bridgehead atoms. The van der Waals surface area contributed by atoms with Crippen molar-refractivity contribution in [2.75, 3.05) is 0 Å². The van der Waals surface area contributed by atoms with Gasteiger partial charge >= 0.3 is 11.9 Å². The summed E-state index contributed by atoms with van der Waals surface area (Å²) in [5.74, 6) is -3.90. The molecule has 0 unspecified atom stereocenters. The van der Waals surface area contributed by atoms with Gasteiger partial charge in [-0.05, 0) is 11.6 Å². The van der Waals surface area contributed by atoms with Gasteiger partial charge in [0.1, 0.15) is 4.91 Å². The molecule has 0 saturated heterocycles. The van der Waals surface area contributed by atoms with Crippen molar-refractivity contribution in [3.8, 4) is 0 Å². The zero-order valence-corrected chi connectivity index (χ0v) is 12.5. The summed E-state index contributed by atoms with van der Waals surface area (Å²) in [6.07, 6.45) is 0.691. The first-order chi connectivity index (χ1) is 9.64. The molecule has 1 rings (SSSR count). The molecule has 0 aliphatic carbocycles. The Balaban J connectivity index is 3.60. The van der Waals surface area contributed by atoms with Crippen LogP contribution in [-0.2, 0) is 18.6 Å². The fourth-order valence-electron chi connectivity index (χ4n) is 1.36. The molecule has 0 spiro atoms. The summed E-state index contributed by atoms with van der Waals surface area (Å²) >= 11 is 5.88. The standard InChI is InChI=1S/C12H8Cl2O6S/c13-8(7-4-2-1-3-5-7)6-9(21(14,19)20)10(11(15)16)12(17)18/h1-6H,(H,15,16)(H,17,18). The van der Waals surface area contributed by atoms with Gasteiger partial charge in [-0.2, -0.15) is 0 Å². The van der Waals surface area contributed by atoms with E-state index >= 15 is 0 Å². The van der Waals surface area contributed by atoms with Gasteiger partial charge in [0.05, 0.1) is 0 Å². The lowest BCUT2D eigenvalue weighted by Crippen LogP contribution is -2.16. The van der Waals surface area contributed by atoms with E-state index in [0.29, 0.717) is 11.6 Å². The Morgan fingerprint density at radius 1 is 1.05 bits per heavy atom. The number of allylic oxidation sites excluding steroid dienone is 1. The summed E-state index contributed by atoms with van der Waals surface area (Å²) in [5, 5.41) is 17.5. The minimum absolute atomic E-state index is 0.171. The molecule has 1 aromatic carbocycles. The van der Waals surface area contributed by atoms with Crippen LogP contribution in [0.4, 0.5) is 0 Å². The van der Waals surface area contributed by atoms with E-state index < -0.39 is 31.5 Å². The van der Waals surface area contributed by atoms with E-state index in [1.807, 2.05) is 0 Å². The maximum absolute atomic E-state index is 11.4. The first kappa shape index (κ1) is 17.2. The maximum Gasteiger partial charge on any atom is 0.344 e. The van der Waals surface area contributed by atoms with E-state index in [4.69, 9.17) is 32.5 Å². The van der Waals surface area contributed by atoms with Crippen molar-refractivity contribution in [3.63, 3.8) is 0 Å². The van der Waals surface area contributed by atoms with E-state index in [-0.39, 0.29) is 5.03 Å². The molecule has 0 aromatic heterocycles. The van der Waals surface area contributed by atoms with Gasteiger partial charge < -0.3 is 10.2 Å². The Morgan fingerprint density at radius 3 is 1.90 bits per heavy atom. The van der Waals surface area contributed by atoms with Crippen LogP contribution in [-0.4, -0.2) is 30.6 Å². The number of carbonyl (C=O) groups is 2. The highest BCUT2D eigenvalue weighted by atomic mass is 35.7. The number of hydrogen-bond acceptors (Lipinski definition) is 4. The van der Waals surface area contributed by atoms with Gasteiger partial charge in [0.25, 0.3) is 9.05 Å². The second-order valence-corrected chi connectivity index (χ2v) is 6.59. The van der Waals surface area contributed by atoms with Crippen LogP contribution in [0.5, 0.6) is 0 Å². The van der Waals surface area contributed by atoms with Crippen molar-refractivity contribution in [1.82, 2.24) is 0 Å². The SMILES string of the molecule is O=C(O)C(C(=O)O)=C(C=C(Cl)c1ccccc1)S(=O)(=O)Cl. The van der Waals surface area contributed by atoms with Gasteiger partial charge in [0.15, 0.2) is 5.57 Å². The van der Waals surface area contributed by atoms with E-state index in [0.717, 1.165) is 0 Å². The lowest BCUT2D eigenvalue weighted by molar-refractivity contribution is -0.140. The molecular formula is C12H8Cl2O6S. The molecule has 2 N–H and O–H groups in total. The average Bonchev–Trinajstić information content (AvgIpc) is 2.36. The largest absolute Gasteiger partial charge is 0.477 e. The molecule has 0 radical (unpaired) electrons. The number of rotatable bonds is 5. The summed E-state index contributed by atoms with van der Waals surface area (Å²) in [6.45, 7) is 0. The highest BCUT2D eigenvalue weighted by Gasteiger charge is 2.28. The van der Waals surface area contributed by atoms with Gasteiger partial charge in [0, 0.05) is 15.7 Å². The van der Waals surface area contributed by atoms with Crippen LogP contribution < -0.4 is 0 Å².